The molecule has 0 aliphatic rings. The fourth-order valence-corrected chi connectivity index (χ4v) is 7.33. The van der Waals surface area contributed by atoms with E-state index in [2.05, 4.69) is 66.7 Å². The molecule has 2 aromatic heterocycles. The Morgan fingerprint density at radius 1 is 0.690 bits per heavy atom. The van der Waals surface area contributed by atoms with E-state index in [-0.39, 0.29) is 49.1 Å². The molecule has 294 valence electrons. The molecule has 0 saturated heterocycles. The number of fused-ring (bicyclic) bond motifs is 1. The summed E-state index contributed by atoms with van der Waals surface area (Å²) in [6.07, 6.45) is -0.583. The molecule has 4 nitrogen and oxygen atoms in total. The molecule has 8 aromatic rings. The molecule has 0 aliphatic carbocycles. The van der Waals surface area contributed by atoms with Gasteiger partial charge >= 0.3 is 0 Å². The van der Waals surface area contributed by atoms with Crippen molar-refractivity contribution in [3.8, 4) is 67.5 Å². The molecule has 0 aliphatic heterocycles. The molecule has 0 radical (unpaired) electrons. The Kier molecular flexibility index (Phi) is 7.99. The van der Waals surface area contributed by atoms with Crippen LogP contribution in [0.4, 0.5) is 0 Å². The number of hydrogen-bond acceptors (Lipinski definition) is 3. The minimum Gasteiger partial charge on any atom is -0.507 e. The van der Waals surface area contributed by atoms with E-state index in [0.717, 1.165) is 39.0 Å². The van der Waals surface area contributed by atoms with Gasteiger partial charge in [0.05, 0.1) is 26.2 Å². The number of imidazole rings is 1. The smallest absolute Gasteiger partial charge is 0.148 e. The van der Waals surface area contributed by atoms with Crippen molar-refractivity contribution in [2.75, 3.05) is 0 Å². The van der Waals surface area contributed by atoms with Crippen LogP contribution in [0, 0.1) is 26.8 Å². The number of aromatic hydroxyl groups is 1. The molecule has 0 spiro atoms. The SMILES string of the molecule is [2H]c1nc(-c2[c-]c(-c3cccc4c3nc(-c3cc(C)cc(C)c3O)n4-c3ccc(-c4ccccc4)c(C(C)(C)C)c3)cc(C(C)(C)C)c2)c([2H])c(-c2c([2H])c([2H])c(C([2H])([2H])[2H])c([2H])c2[2H])c1[2H].[Pt]. The van der Waals surface area contributed by atoms with E-state index in [1.807, 2.05) is 89.2 Å². The Labute approximate surface area is 372 Å². The summed E-state index contributed by atoms with van der Waals surface area (Å²) < 4.78 is 87.6. The summed E-state index contributed by atoms with van der Waals surface area (Å²) in [4.78, 5) is 9.76. The van der Waals surface area contributed by atoms with Crippen LogP contribution in [0.15, 0.2) is 133 Å². The molecule has 0 amide bonds. The molecule has 1 N–H and O–H groups in total. The molecule has 0 saturated carbocycles. The van der Waals surface area contributed by atoms with E-state index in [1.54, 1.807) is 6.07 Å². The van der Waals surface area contributed by atoms with Gasteiger partial charge in [0.25, 0.3) is 0 Å². The van der Waals surface area contributed by atoms with Crippen LogP contribution in [0.5, 0.6) is 5.75 Å². The molecule has 0 fully saturated rings. The van der Waals surface area contributed by atoms with E-state index in [9.17, 15) is 6.48 Å². The van der Waals surface area contributed by atoms with E-state index in [0.29, 0.717) is 33.6 Å². The number of benzene rings is 6. The summed E-state index contributed by atoms with van der Waals surface area (Å²) in [5, 5.41) is 11.7. The Balaban J connectivity index is 0.00000684. The van der Waals surface area contributed by atoms with E-state index < -0.39 is 65.8 Å². The van der Waals surface area contributed by atoms with Crippen LogP contribution in [-0.4, -0.2) is 19.6 Å². The number of hydrogen-bond donors (Lipinski definition) is 1. The van der Waals surface area contributed by atoms with Crippen molar-refractivity contribution in [1.29, 1.82) is 0 Å². The zero-order valence-electron chi connectivity index (χ0n) is 43.8. The number of phenolic OH excluding ortho intramolecular Hbond substituents is 1. The van der Waals surface area contributed by atoms with Crippen LogP contribution < -0.4 is 0 Å². The summed E-state index contributed by atoms with van der Waals surface area (Å²) in [5.41, 5.74) is 7.53. The van der Waals surface area contributed by atoms with Gasteiger partial charge in [-0.2, -0.15) is 0 Å². The van der Waals surface area contributed by atoms with Gasteiger partial charge in [-0.15, -0.1) is 29.3 Å². The minimum atomic E-state index is -2.96. The Bertz CT molecular complexity index is 3280. The average molecular weight is 950 g/mol. The number of aromatic nitrogens is 3. The van der Waals surface area contributed by atoms with E-state index in [4.69, 9.17) is 17.3 Å². The standard InChI is InChI=1S/C53H50N3O.Pt/c1-33-18-20-36(21-19-33)38-24-25-54-47(31-38)40-28-39(29-41(30-40)52(4,5)6)44-16-13-17-48-49(44)55-51(45-27-34(2)26-35(3)50(45)57)56(48)42-22-23-43(37-14-11-10-12-15-37)46(32-42)53(7,8)9;/h10-27,29-32,57H,1-9H3;/q-1;/i1D3,18D,19D,20D,21D,24D,25D,31D;. The summed E-state index contributed by atoms with van der Waals surface area (Å²) >= 11 is 0. The molecule has 6 aromatic carbocycles. The van der Waals surface area contributed by atoms with Crippen LogP contribution in [0.1, 0.15) is 83.1 Å². The largest absolute Gasteiger partial charge is 0.507 e. The van der Waals surface area contributed by atoms with Gasteiger partial charge in [-0.25, -0.2) is 4.98 Å². The first-order chi connectivity index (χ1) is 31.3. The first-order valence-electron chi connectivity index (χ1n) is 24.0. The molecule has 58 heavy (non-hydrogen) atoms. The summed E-state index contributed by atoms with van der Waals surface area (Å²) in [6, 6.07) is 29.4. The second kappa shape index (κ2) is 15.6. The zero-order valence-corrected chi connectivity index (χ0v) is 36.0. The molecule has 8 rings (SSSR count). The predicted octanol–water partition coefficient (Wildman–Crippen LogP) is 13.8. The molecule has 2 heterocycles. The van der Waals surface area contributed by atoms with E-state index >= 15 is 0 Å². The summed E-state index contributed by atoms with van der Waals surface area (Å²) in [6.45, 7) is 13.5. The third-order valence-electron chi connectivity index (χ3n) is 10.3. The average Bonchev–Trinajstić information content (AvgIpc) is 3.65. The Morgan fingerprint density at radius 3 is 2.14 bits per heavy atom. The first kappa shape index (κ1) is 29.6. The van der Waals surface area contributed by atoms with Crippen molar-refractivity contribution in [2.24, 2.45) is 0 Å². The predicted molar refractivity (Wildman–Crippen MR) is 238 cm³/mol. The van der Waals surface area contributed by atoms with Crippen molar-refractivity contribution in [3.05, 3.63) is 167 Å². The molecular weight excluding hydrogens is 890 g/mol. The van der Waals surface area contributed by atoms with Crippen molar-refractivity contribution >= 4 is 11.0 Å². The fourth-order valence-electron chi connectivity index (χ4n) is 7.33. The van der Waals surface area contributed by atoms with E-state index in [1.165, 1.54) is 0 Å². The van der Waals surface area contributed by atoms with Gasteiger partial charge in [0.15, 0.2) is 0 Å². The second-order valence-corrected chi connectivity index (χ2v) is 16.7. The van der Waals surface area contributed by atoms with Crippen LogP contribution in [0.2, 0.25) is 0 Å². The monoisotopic (exact) mass is 949 g/mol. The van der Waals surface area contributed by atoms with Crippen LogP contribution in [-0.2, 0) is 31.9 Å². The van der Waals surface area contributed by atoms with Gasteiger partial charge < -0.3 is 5.11 Å². The zero-order chi connectivity index (χ0) is 48.8. The number of phenols is 1. The molecule has 0 atom stereocenters. The maximum atomic E-state index is 11.7. The summed E-state index contributed by atoms with van der Waals surface area (Å²) in [7, 11) is 0. The molecule has 0 unspecified atom stereocenters. The van der Waals surface area contributed by atoms with Crippen LogP contribution >= 0.6 is 0 Å². The third kappa shape index (κ3) is 7.83. The van der Waals surface area contributed by atoms with Gasteiger partial charge in [-0.05, 0) is 101 Å². The molecular formula is C53H50N3OPt-. The number of nitrogens with zero attached hydrogens (tertiary/aromatic N) is 3. The van der Waals surface area contributed by atoms with Gasteiger partial charge in [0, 0.05) is 42.7 Å². The van der Waals surface area contributed by atoms with Crippen molar-refractivity contribution in [2.45, 2.75) is 73.1 Å². The Morgan fingerprint density at radius 2 is 1.43 bits per heavy atom. The van der Waals surface area contributed by atoms with Crippen molar-refractivity contribution in [3.63, 3.8) is 0 Å². The van der Waals surface area contributed by atoms with Crippen molar-refractivity contribution in [1.82, 2.24) is 14.5 Å². The van der Waals surface area contributed by atoms with Gasteiger partial charge in [-0.3, -0.25) is 9.55 Å². The van der Waals surface area contributed by atoms with Gasteiger partial charge in [-0.1, -0.05) is 143 Å². The second-order valence-electron chi connectivity index (χ2n) is 16.7. The first-order valence-corrected chi connectivity index (χ1v) is 19.0. The van der Waals surface area contributed by atoms with Crippen LogP contribution in [0.25, 0.3) is 72.7 Å². The maximum Gasteiger partial charge on any atom is 0.148 e. The number of pyridine rings is 1. The number of para-hydroxylation sites is 1. The quantitative estimate of drug-likeness (QED) is 0.169. The topological polar surface area (TPSA) is 50.9 Å². The minimum absolute atomic E-state index is 0. The third-order valence-corrected chi connectivity index (χ3v) is 10.3. The van der Waals surface area contributed by atoms with Crippen LogP contribution in [0.3, 0.4) is 0 Å². The van der Waals surface area contributed by atoms with Gasteiger partial charge in [0.2, 0.25) is 0 Å². The Hall–Kier alpha value is -5.57. The fraction of sp³-hybridized carbons (Fsp3) is 0.208. The normalized spacial score (nSPS) is 14.5. The maximum absolute atomic E-state index is 11.7. The molecule has 0 bridgehead atoms. The van der Waals surface area contributed by atoms with Crippen molar-refractivity contribution < 1.29 is 39.9 Å². The number of aryl methyl sites for hydroxylation is 2. The summed E-state index contributed by atoms with van der Waals surface area (Å²) in [5.74, 6) is 0.619. The van der Waals surface area contributed by atoms with Gasteiger partial charge in [0.1, 0.15) is 11.6 Å². The molecule has 5 heteroatoms. The number of rotatable bonds is 6.